The molecular formula is C13H21N3O2. The van der Waals surface area contributed by atoms with E-state index in [1.807, 2.05) is 0 Å². The van der Waals surface area contributed by atoms with Crippen LogP contribution in [0.25, 0.3) is 0 Å². The van der Waals surface area contributed by atoms with Gasteiger partial charge in [0, 0.05) is 19.7 Å². The van der Waals surface area contributed by atoms with E-state index in [1.54, 1.807) is 19.5 Å². The highest BCUT2D eigenvalue weighted by molar-refractivity contribution is 5.37. The Kier molecular flexibility index (Phi) is 4.49. The number of ether oxygens (including phenoxy) is 1. The van der Waals surface area contributed by atoms with E-state index in [0.717, 1.165) is 18.3 Å². The van der Waals surface area contributed by atoms with E-state index < -0.39 is 0 Å². The fraction of sp³-hybridized carbons (Fsp3) is 0.692. The molecule has 100 valence electrons. The minimum absolute atomic E-state index is 0.0659. The van der Waals surface area contributed by atoms with E-state index >= 15 is 0 Å². The van der Waals surface area contributed by atoms with Gasteiger partial charge in [0.1, 0.15) is 5.82 Å². The molecule has 1 fully saturated rings. The molecule has 0 aromatic carbocycles. The van der Waals surface area contributed by atoms with Crippen molar-refractivity contribution >= 4 is 5.82 Å². The van der Waals surface area contributed by atoms with Crippen molar-refractivity contribution in [3.8, 4) is 0 Å². The summed E-state index contributed by atoms with van der Waals surface area (Å²) >= 11 is 0. The molecule has 5 nitrogen and oxygen atoms in total. The molecule has 1 aromatic heterocycles. The minimum Gasteiger partial charge on any atom is -0.390 e. The first-order valence-electron chi connectivity index (χ1n) is 6.43. The Bertz CT molecular complexity index is 365. The number of aromatic nitrogens is 2. The zero-order valence-corrected chi connectivity index (χ0v) is 11.0. The SMILES string of the molecule is COCCN(c1cnc(CO)cn1)C(C)C1CC1. The summed E-state index contributed by atoms with van der Waals surface area (Å²) in [7, 11) is 1.71. The van der Waals surface area contributed by atoms with Gasteiger partial charge in [0.25, 0.3) is 0 Å². The Balaban J connectivity index is 2.09. The summed E-state index contributed by atoms with van der Waals surface area (Å²) < 4.78 is 5.16. The number of aliphatic hydroxyl groups is 1. The smallest absolute Gasteiger partial charge is 0.147 e. The highest BCUT2D eigenvalue weighted by Gasteiger charge is 2.32. The first kappa shape index (κ1) is 13.2. The number of nitrogens with zero attached hydrogens (tertiary/aromatic N) is 3. The second kappa shape index (κ2) is 6.11. The lowest BCUT2D eigenvalue weighted by Crippen LogP contribution is -2.38. The molecule has 0 spiro atoms. The first-order valence-corrected chi connectivity index (χ1v) is 6.43. The minimum atomic E-state index is -0.0659. The molecule has 1 heterocycles. The van der Waals surface area contributed by atoms with Crippen LogP contribution in [0.15, 0.2) is 12.4 Å². The van der Waals surface area contributed by atoms with Gasteiger partial charge in [-0.05, 0) is 25.7 Å². The fourth-order valence-corrected chi connectivity index (χ4v) is 2.13. The van der Waals surface area contributed by atoms with Crippen LogP contribution in [0.1, 0.15) is 25.5 Å². The van der Waals surface area contributed by atoms with E-state index in [2.05, 4.69) is 21.8 Å². The zero-order chi connectivity index (χ0) is 13.0. The van der Waals surface area contributed by atoms with Gasteiger partial charge in [-0.1, -0.05) is 0 Å². The van der Waals surface area contributed by atoms with E-state index in [9.17, 15) is 0 Å². The molecule has 1 aliphatic carbocycles. The van der Waals surface area contributed by atoms with Gasteiger partial charge in [-0.25, -0.2) is 4.98 Å². The van der Waals surface area contributed by atoms with Gasteiger partial charge in [-0.15, -0.1) is 0 Å². The van der Waals surface area contributed by atoms with Crippen LogP contribution < -0.4 is 4.90 Å². The second-order valence-corrected chi connectivity index (χ2v) is 4.79. The summed E-state index contributed by atoms with van der Waals surface area (Å²) in [6.07, 6.45) is 5.97. The third-order valence-corrected chi connectivity index (χ3v) is 3.48. The van der Waals surface area contributed by atoms with Gasteiger partial charge < -0.3 is 14.7 Å². The summed E-state index contributed by atoms with van der Waals surface area (Å²) in [5, 5.41) is 8.98. The quantitative estimate of drug-likeness (QED) is 0.789. The molecule has 1 saturated carbocycles. The van der Waals surface area contributed by atoms with Crippen molar-refractivity contribution in [3.05, 3.63) is 18.1 Å². The molecule has 0 bridgehead atoms. The molecule has 1 aromatic rings. The second-order valence-electron chi connectivity index (χ2n) is 4.79. The lowest BCUT2D eigenvalue weighted by Gasteiger charge is -2.30. The predicted octanol–water partition coefficient (Wildman–Crippen LogP) is 1.22. The Hall–Kier alpha value is -1.20. The van der Waals surface area contributed by atoms with Crippen molar-refractivity contribution in [2.24, 2.45) is 5.92 Å². The van der Waals surface area contributed by atoms with Crippen molar-refractivity contribution < 1.29 is 9.84 Å². The fourth-order valence-electron chi connectivity index (χ4n) is 2.13. The number of anilines is 1. The normalized spacial score (nSPS) is 16.6. The van der Waals surface area contributed by atoms with Crippen molar-refractivity contribution in [2.75, 3.05) is 25.2 Å². The van der Waals surface area contributed by atoms with Crippen LogP contribution in [-0.4, -0.2) is 41.4 Å². The Morgan fingerprint density at radius 2 is 2.22 bits per heavy atom. The van der Waals surface area contributed by atoms with Crippen LogP contribution in [0, 0.1) is 5.92 Å². The molecule has 5 heteroatoms. The van der Waals surface area contributed by atoms with Crippen LogP contribution in [0.3, 0.4) is 0 Å². The van der Waals surface area contributed by atoms with Crippen molar-refractivity contribution in [1.82, 2.24) is 9.97 Å². The Morgan fingerprint density at radius 3 is 2.72 bits per heavy atom. The van der Waals surface area contributed by atoms with Crippen LogP contribution in [0.5, 0.6) is 0 Å². The number of methoxy groups -OCH3 is 1. The van der Waals surface area contributed by atoms with Crippen LogP contribution in [0.2, 0.25) is 0 Å². The number of aliphatic hydroxyl groups excluding tert-OH is 1. The van der Waals surface area contributed by atoms with Crippen molar-refractivity contribution in [1.29, 1.82) is 0 Å². The monoisotopic (exact) mass is 251 g/mol. The summed E-state index contributed by atoms with van der Waals surface area (Å²) in [4.78, 5) is 10.8. The predicted molar refractivity (Wildman–Crippen MR) is 69.4 cm³/mol. The third-order valence-electron chi connectivity index (χ3n) is 3.48. The van der Waals surface area contributed by atoms with Crippen molar-refractivity contribution in [3.63, 3.8) is 0 Å². The largest absolute Gasteiger partial charge is 0.390 e. The highest BCUT2D eigenvalue weighted by Crippen LogP contribution is 2.36. The van der Waals surface area contributed by atoms with Crippen LogP contribution in [-0.2, 0) is 11.3 Å². The van der Waals surface area contributed by atoms with E-state index in [1.165, 1.54) is 12.8 Å². The third kappa shape index (κ3) is 3.17. The summed E-state index contributed by atoms with van der Waals surface area (Å²) in [6.45, 7) is 3.67. The number of hydrogen-bond acceptors (Lipinski definition) is 5. The summed E-state index contributed by atoms with van der Waals surface area (Å²) in [5.74, 6) is 1.63. The van der Waals surface area contributed by atoms with Gasteiger partial charge in [0.2, 0.25) is 0 Å². The van der Waals surface area contributed by atoms with Crippen LogP contribution >= 0.6 is 0 Å². The van der Waals surface area contributed by atoms with Gasteiger partial charge in [0.15, 0.2) is 0 Å². The average Bonchev–Trinajstić information content (AvgIpc) is 3.24. The molecule has 0 saturated heterocycles. The number of hydrogen-bond donors (Lipinski definition) is 1. The van der Waals surface area contributed by atoms with E-state index in [0.29, 0.717) is 18.3 Å². The molecule has 1 N–H and O–H groups in total. The molecule has 2 rings (SSSR count). The molecule has 0 radical (unpaired) electrons. The average molecular weight is 251 g/mol. The standard InChI is InChI=1S/C13H21N3O2/c1-10(11-3-4-11)16(5-6-18-2)13-8-14-12(9-17)7-15-13/h7-8,10-11,17H,3-6,9H2,1-2H3. The number of rotatable bonds is 7. The topological polar surface area (TPSA) is 58.5 Å². The van der Waals surface area contributed by atoms with Gasteiger partial charge in [-0.2, -0.15) is 0 Å². The van der Waals surface area contributed by atoms with Gasteiger partial charge >= 0.3 is 0 Å². The molecule has 1 atom stereocenters. The van der Waals surface area contributed by atoms with Crippen LogP contribution in [0.4, 0.5) is 5.82 Å². The maximum atomic E-state index is 8.98. The molecular weight excluding hydrogens is 230 g/mol. The zero-order valence-electron chi connectivity index (χ0n) is 11.0. The van der Waals surface area contributed by atoms with E-state index in [-0.39, 0.29) is 6.61 Å². The lowest BCUT2D eigenvalue weighted by atomic mass is 10.2. The van der Waals surface area contributed by atoms with E-state index in [4.69, 9.17) is 9.84 Å². The van der Waals surface area contributed by atoms with Gasteiger partial charge in [0.05, 0.1) is 31.3 Å². The molecule has 18 heavy (non-hydrogen) atoms. The Morgan fingerprint density at radius 1 is 1.44 bits per heavy atom. The summed E-state index contributed by atoms with van der Waals surface area (Å²) in [5.41, 5.74) is 0.601. The van der Waals surface area contributed by atoms with Gasteiger partial charge in [-0.3, -0.25) is 4.98 Å². The first-order chi connectivity index (χ1) is 8.76. The highest BCUT2D eigenvalue weighted by atomic mass is 16.5. The Labute approximate surface area is 108 Å². The molecule has 0 aliphatic heterocycles. The summed E-state index contributed by atoms with van der Waals surface area (Å²) in [6, 6.07) is 0.467. The molecule has 0 amide bonds. The maximum Gasteiger partial charge on any atom is 0.147 e. The maximum absolute atomic E-state index is 8.98. The molecule has 1 unspecified atom stereocenters. The lowest BCUT2D eigenvalue weighted by molar-refractivity contribution is 0.202. The van der Waals surface area contributed by atoms with Crippen molar-refractivity contribution in [2.45, 2.75) is 32.4 Å². The molecule has 1 aliphatic rings.